The van der Waals surface area contributed by atoms with E-state index >= 15 is 0 Å². The minimum atomic E-state index is -0.346. The predicted octanol–water partition coefficient (Wildman–Crippen LogP) is 1.97. The zero-order chi connectivity index (χ0) is 14.6. The van der Waals surface area contributed by atoms with Crippen LogP contribution in [0.15, 0.2) is 0 Å². The first-order chi connectivity index (χ1) is 8.70. The van der Waals surface area contributed by atoms with Crippen molar-refractivity contribution in [2.75, 3.05) is 32.7 Å². The van der Waals surface area contributed by atoms with E-state index in [2.05, 4.69) is 25.7 Å². The number of carbonyl (C=O) groups excluding carboxylic acids is 1. The molecule has 0 aromatic heterocycles. The van der Waals surface area contributed by atoms with E-state index in [4.69, 9.17) is 5.73 Å². The van der Waals surface area contributed by atoms with E-state index in [9.17, 15) is 4.79 Å². The molecule has 0 aliphatic carbocycles. The molecular formula is C15H32ClN3O. The third-order valence-corrected chi connectivity index (χ3v) is 3.87. The molecule has 0 radical (unpaired) electrons. The van der Waals surface area contributed by atoms with Gasteiger partial charge in [0.25, 0.3) is 0 Å². The molecule has 120 valence electrons. The quantitative estimate of drug-likeness (QED) is 0.864. The average Bonchev–Trinajstić information content (AvgIpc) is 2.34. The molecule has 0 unspecified atom stereocenters. The van der Waals surface area contributed by atoms with Crippen molar-refractivity contribution >= 4 is 18.3 Å². The number of nitrogens with two attached hydrogens (primary N) is 1. The summed E-state index contributed by atoms with van der Waals surface area (Å²) in [6.07, 6.45) is 1.20. The molecule has 5 heteroatoms. The third-order valence-electron chi connectivity index (χ3n) is 3.87. The zero-order valence-corrected chi connectivity index (χ0v) is 14.5. The molecule has 0 aromatic rings. The maximum absolute atomic E-state index is 12.1. The summed E-state index contributed by atoms with van der Waals surface area (Å²) in [5.41, 5.74) is 6.32. The third kappa shape index (κ3) is 6.42. The minimum Gasteiger partial charge on any atom is -0.339 e. The molecule has 0 saturated carbocycles. The maximum atomic E-state index is 12.1. The van der Waals surface area contributed by atoms with Crippen molar-refractivity contribution in [3.05, 3.63) is 0 Å². The number of nitrogens with zero attached hydrogens (tertiary/aromatic N) is 2. The van der Waals surface area contributed by atoms with Gasteiger partial charge >= 0.3 is 0 Å². The second-order valence-electron chi connectivity index (χ2n) is 7.25. The fourth-order valence-corrected chi connectivity index (χ4v) is 2.18. The number of rotatable bonds is 4. The summed E-state index contributed by atoms with van der Waals surface area (Å²) in [6, 6.07) is -0.346. The van der Waals surface area contributed by atoms with E-state index in [1.54, 1.807) is 0 Å². The molecule has 1 aliphatic heterocycles. The van der Waals surface area contributed by atoms with Gasteiger partial charge in [-0.25, -0.2) is 0 Å². The molecular weight excluding hydrogens is 274 g/mol. The Morgan fingerprint density at radius 3 is 2.05 bits per heavy atom. The first-order valence-corrected chi connectivity index (χ1v) is 7.47. The van der Waals surface area contributed by atoms with Gasteiger partial charge in [-0.1, -0.05) is 34.6 Å². The normalized spacial score (nSPS) is 18.9. The van der Waals surface area contributed by atoms with Gasteiger partial charge in [0.1, 0.15) is 0 Å². The van der Waals surface area contributed by atoms with E-state index in [0.29, 0.717) is 5.41 Å². The van der Waals surface area contributed by atoms with E-state index in [-0.39, 0.29) is 30.3 Å². The Hall–Kier alpha value is -0.320. The van der Waals surface area contributed by atoms with Gasteiger partial charge in [0, 0.05) is 26.2 Å². The topological polar surface area (TPSA) is 49.6 Å². The molecule has 0 spiro atoms. The molecule has 1 atom stereocenters. The van der Waals surface area contributed by atoms with Crippen molar-refractivity contribution in [2.24, 2.45) is 17.1 Å². The summed E-state index contributed by atoms with van der Waals surface area (Å²) >= 11 is 0. The lowest BCUT2D eigenvalue weighted by atomic mass is 9.92. The fraction of sp³-hybridized carbons (Fsp3) is 0.933. The second-order valence-corrected chi connectivity index (χ2v) is 7.25. The molecule has 2 N–H and O–H groups in total. The van der Waals surface area contributed by atoms with Crippen molar-refractivity contribution in [1.82, 2.24) is 9.80 Å². The van der Waals surface area contributed by atoms with Gasteiger partial charge in [-0.3, -0.25) is 9.69 Å². The van der Waals surface area contributed by atoms with Crippen LogP contribution in [0.3, 0.4) is 0 Å². The van der Waals surface area contributed by atoms with Crippen LogP contribution in [0.2, 0.25) is 0 Å². The van der Waals surface area contributed by atoms with Gasteiger partial charge in [-0.15, -0.1) is 12.4 Å². The smallest absolute Gasteiger partial charge is 0.239 e. The number of amides is 1. The largest absolute Gasteiger partial charge is 0.339 e. The van der Waals surface area contributed by atoms with Crippen molar-refractivity contribution in [2.45, 2.75) is 47.1 Å². The van der Waals surface area contributed by atoms with E-state index in [1.807, 2.05) is 18.7 Å². The summed E-state index contributed by atoms with van der Waals surface area (Å²) in [5, 5.41) is 0. The number of carbonyl (C=O) groups is 1. The molecule has 20 heavy (non-hydrogen) atoms. The Morgan fingerprint density at radius 1 is 1.15 bits per heavy atom. The Morgan fingerprint density at radius 2 is 1.65 bits per heavy atom. The van der Waals surface area contributed by atoms with Crippen LogP contribution in [0.5, 0.6) is 0 Å². The van der Waals surface area contributed by atoms with Crippen LogP contribution in [-0.4, -0.2) is 54.5 Å². The molecule has 4 nitrogen and oxygen atoms in total. The predicted molar refractivity (Wildman–Crippen MR) is 87.2 cm³/mol. The van der Waals surface area contributed by atoms with Gasteiger partial charge in [-0.2, -0.15) is 0 Å². The highest BCUT2D eigenvalue weighted by atomic mass is 35.5. The van der Waals surface area contributed by atoms with Crippen LogP contribution in [-0.2, 0) is 4.79 Å². The highest BCUT2D eigenvalue weighted by Crippen LogP contribution is 2.19. The van der Waals surface area contributed by atoms with Crippen molar-refractivity contribution < 1.29 is 4.79 Å². The summed E-state index contributed by atoms with van der Waals surface area (Å²) in [5.74, 6) is 0.330. The van der Waals surface area contributed by atoms with Gasteiger partial charge in [0.2, 0.25) is 5.91 Å². The fourth-order valence-electron chi connectivity index (χ4n) is 2.18. The number of hydrogen-bond donors (Lipinski definition) is 1. The SMILES string of the molecule is CC(C)[C@H](N)C(=O)N1CCN(CCC(C)(C)C)CC1.Cl. The Balaban J connectivity index is 0.00000361. The number of halogens is 1. The zero-order valence-electron chi connectivity index (χ0n) is 13.7. The van der Waals surface area contributed by atoms with Gasteiger partial charge in [0.05, 0.1) is 6.04 Å². The first-order valence-electron chi connectivity index (χ1n) is 7.47. The monoisotopic (exact) mass is 305 g/mol. The van der Waals surface area contributed by atoms with E-state index in [1.165, 1.54) is 6.42 Å². The standard InChI is InChI=1S/C15H31N3O.ClH/c1-12(2)13(16)14(19)18-10-8-17(9-11-18)7-6-15(3,4)5;/h12-13H,6-11,16H2,1-5H3;1H/t13-;/m0./s1. The summed E-state index contributed by atoms with van der Waals surface area (Å²) in [7, 11) is 0. The summed E-state index contributed by atoms with van der Waals surface area (Å²) in [4.78, 5) is 16.5. The van der Waals surface area contributed by atoms with Crippen LogP contribution in [0.1, 0.15) is 41.0 Å². The van der Waals surface area contributed by atoms with Crippen LogP contribution in [0.25, 0.3) is 0 Å². The van der Waals surface area contributed by atoms with Crippen LogP contribution >= 0.6 is 12.4 Å². The maximum Gasteiger partial charge on any atom is 0.239 e. The molecule has 1 fully saturated rings. The second kappa shape index (κ2) is 8.20. The lowest BCUT2D eigenvalue weighted by Crippen LogP contribution is -2.54. The summed E-state index contributed by atoms with van der Waals surface area (Å²) < 4.78 is 0. The van der Waals surface area contributed by atoms with Crippen molar-refractivity contribution in [1.29, 1.82) is 0 Å². The Labute approximate surface area is 130 Å². The number of hydrogen-bond acceptors (Lipinski definition) is 3. The van der Waals surface area contributed by atoms with Crippen LogP contribution < -0.4 is 5.73 Å². The van der Waals surface area contributed by atoms with Crippen molar-refractivity contribution in [3.63, 3.8) is 0 Å². The van der Waals surface area contributed by atoms with Gasteiger partial charge < -0.3 is 10.6 Å². The van der Waals surface area contributed by atoms with Gasteiger partial charge in [0.15, 0.2) is 0 Å². The molecule has 0 aromatic carbocycles. The molecule has 1 aliphatic rings. The molecule has 1 rings (SSSR count). The lowest BCUT2D eigenvalue weighted by molar-refractivity contribution is -0.135. The van der Waals surface area contributed by atoms with E-state index < -0.39 is 0 Å². The molecule has 1 saturated heterocycles. The minimum absolute atomic E-state index is 0. The van der Waals surface area contributed by atoms with Crippen LogP contribution in [0, 0.1) is 11.3 Å². The highest BCUT2D eigenvalue weighted by Gasteiger charge is 2.27. The number of piperazine rings is 1. The molecule has 1 amide bonds. The highest BCUT2D eigenvalue weighted by molar-refractivity contribution is 5.85. The first kappa shape index (κ1) is 19.7. The van der Waals surface area contributed by atoms with Crippen LogP contribution in [0.4, 0.5) is 0 Å². The molecule has 0 bridgehead atoms. The Kier molecular flexibility index (Phi) is 8.07. The molecule has 1 heterocycles. The lowest BCUT2D eigenvalue weighted by Gasteiger charge is -2.37. The Bertz CT molecular complexity index is 294. The van der Waals surface area contributed by atoms with Crippen molar-refractivity contribution in [3.8, 4) is 0 Å². The average molecular weight is 306 g/mol. The van der Waals surface area contributed by atoms with Gasteiger partial charge in [-0.05, 0) is 24.3 Å². The summed E-state index contributed by atoms with van der Waals surface area (Å²) in [6.45, 7) is 15.6. The van der Waals surface area contributed by atoms with E-state index in [0.717, 1.165) is 32.7 Å².